The molecule has 3 heterocycles. The van der Waals surface area contributed by atoms with E-state index in [9.17, 15) is 22.5 Å². The van der Waals surface area contributed by atoms with Crippen molar-refractivity contribution in [2.24, 2.45) is 5.14 Å². The SMILES string of the molecule is CC(C)(O)Cn1ccc(-c2ccc3sc(C(c4nnc(CNS(N)=O)o4)S(C)(=O)=O)nc3c2)cc1=O. The first-order chi connectivity index (χ1) is 16.8. The van der Waals surface area contributed by atoms with Crippen LogP contribution in [0.5, 0.6) is 0 Å². The summed E-state index contributed by atoms with van der Waals surface area (Å²) in [6, 6.07) is 8.63. The molecule has 4 aromatic rings. The maximum Gasteiger partial charge on any atom is 0.251 e. The zero-order valence-electron chi connectivity index (χ0n) is 19.5. The van der Waals surface area contributed by atoms with Crippen molar-refractivity contribution < 1.29 is 22.2 Å². The van der Waals surface area contributed by atoms with E-state index in [4.69, 9.17) is 9.56 Å². The second-order valence-corrected chi connectivity index (χ2v) is 12.9. The second-order valence-electron chi connectivity index (χ2n) is 8.79. The summed E-state index contributed by atoms with van der Waals surface area (Å²) in [5.74, 6) is -0.132. The van der Waals surface area contributed by atoms with Crippen LogP contribution in [0.25, 0.3) is 21.3 Å². The van der Waals surface area contributed by atoms with Crippen molar-refractivity contribution in [3.8, 4) is 11.1 Å². The average Bonchev–Trinajstić information content (AvgIpc) is 3.38. The number of sulfone groups is 1. The molecule has 0 radical (unpaired) electrons. The number of hydrogen-bond donors (Lipinski definition) is 3. The van der Waals surface area contributed by atoms with Gasteiger partial charge in [0.1, 0.15) is 5.01 Å². The van der Waals surface area contributed by atoms with E-state index in [-0.39, 0.29) is 35.4 Å². The maximum atomic E-state index is 12.6. The van der Waals surface area contributed by atoms with Crippen molar-refractivity contribution in [3.05, 3.63) is 63.7 Å². The van der Waals surface area contributed by atoms with Gasteiger partial charge in [0.2, 0.25) is 11.8 Å². The van der Waals surface area contributed by atoms with Gasteiger partial charge in [0.15, 0.2) is 26.3 Å². The van der Waals surface area contributed by atoms with Crippen LogP contribution in [0.1, 0.15) is 35.9 Å². The van der Waals surface area contributed by atoms with Crippen molar-refractivity contribution in [3.63, 3.8) is 0 Å². The Bertz CT molecular complexity index is 1600. The summed E-state index contributed by atoms with van der Waals surface area (Å²) in [7, 11) is -3.74. The standard InChI is InChI=1S/C21H24N6O6S3/c1-21(2,29)11-27-7-6-13(9-17(27)28)12-4-5-15-14(8-12)24-20(34-15)18(36(3,31)32)19-26-25-16(33-19)10-23-35(22)30/h4-9,18,23,29H,10-11,22H2,1-3H3. The fourth-order valence-corrected chi connectivity index (χ4v) is 6.26. The van der Waals surface area contributed by atoms with Crippen LogP contribution in [0.2, 0.25) is 0 Å². The quantitative estimate of drug-likeness (QED) is 0.273. The van der Waals surface area contributed by atoms with E-state index in [0.717, 1.165) is 16.5 Å². The summed E-state index contributed by atoms with van der Waals surface area (Å²) in [4.78, 5) is 17.0. The summed E-state index contributed by atoms with van der Waals surface area (Å²) in [6.45, 7) is 3.31. The van der Waals surface area contributed by atoms with Crippen molar-refractivity contribution in [2.75, 3.05) is 6.26 Å². The molecule has 2 unspecified atom stereocenters. The van der Waals surface area contributed by atoms with Crippen molar-refractivity contribution >= 4 is 42.6 Å². The third-order valence-corrected chi connectivity index (χ3v) is 7.98. The summed E-state index contributed by atoms with van der Waals surface area (Å²) < 4.78 is 46.4. The molecular formula is C21H24N6O6S3. The van der Waals surface area contributed by atoms with E-state index in [2.05, 4.69) is 19.9 Å². The lowest BCUT2D eigenvalue weighted by Crippen LogP contribution is -2.32. The van der Waals surface area contributed by atoms with Crippen LogP contribution in [-0.2, 0) is 34.1 Å². The molecule has 0 aliphatic rings. The number of hydrogen-bond acceptors (Lipinski definition) is 10. The van der Waals surface area contributed by atoms with E-state index in [0.29, 0.717) is 11.1 Å². The Morgan fingerprint density at radius 1 is 1.25 bits per heavy atom. The predicted octanol–water partition coefficient (Wildman–Crippen LogP) is 1.04. The van der Waals surface area contributed by atoms with E-state index in [1.54, 1.807) is 38.2 Å². The van der Waals surface area contributed by atoms with E-state index >= 15 is 0 Å². The predicted molar refractivity (Wildman–Crippen MR) is 136 cm³/mol. The number of pyridine rings is 1. The highest BCUT2D eigenvalue weighted by molar-refractivity contribution is 7.91. The lowest BCUT2D eigenvalue weighted by atomic mass is 10.1. The number of nitrogens with one attached hydrogen (secondary N) is 1. The summed E-state index contributed by atoms with van der Waals surface area (Å²) in [5.41, 5.74) is 0.641. The van der Waals surface area contributed by atoms with Gasteiger partial charge < -0.3 is 14.1 Å². The van der Waals surface area contributed by atoms with Gasteiger partial charge in [-0.1, -0.05) is 6.07 Å². The highest BCUT2D eigenvalue weighted by Crippen LogP contribution is 2.36. The van der Waals surface area contributed by atoms with Crippen LogP contribution in [0.4, 0.5) is 0 Å². The van der Waals surface area contributed by atoms with E-state index in [1.807, 2.05) is 6.07 Å². The van der Waals surface area contributed by atoms with E-state index in [1.165, 1.54) is 22.0 Å². The molecule has 15 heteroatoms. The molecule has 0 saturated heterocycles. The average molecular weight is 553 g/mol. The minimum atomic E-state index is -3.74. The number of fused-ring (bicyclic) bond motifs is 1. The summed E-state index contributed by atoms with van der Waals surface area (Å²) >= 11 is -0.621. The molecule has 192 valence electrons. The molecule has 0 saturated carbocycles. The summed E-state index contributed by atoms with van der Waals surface area (Å²) in [6.07, 6.45) is 2.67. The normalized spacial score (nSPS) is 14.2. The Morgan fingerprint density at radius 2 is 1.97 bits per heavy atom. The fraction of sp³-hybridized carbons (Fsp3) is 0.333. The van der Waals surface area contributed by atoms with Crippen LogP contribution < -0.4 is 15.4 Å². The van der Waals surface area contributed by atoms with Crippen LogP contribution in [0, 0.1) is 0 Å². The molecule has 4 N–H and O–H groups in total. The molecule has 4 rings (SSSR count). The first-order valence-corrected chi connectivity index (χ1v) is 14.5. The van der Waals surface area contributed by atoms with Crippen LogP contribution in [0.15, 0.2) is 45.7 Å². The molecule has 0 amide bonds. The van der Waals surface area contributed by atoms with Gasteiger partial charge in [-0.25, -0.2) is 27.5 Å². The largest absolute Gasteiger partial charge is 0.422 e. The van der Waals surface area contributed by atoms with Gasteiger partial charge in [0.05, 0.1) is 28.9 Å². The monoisotopic (exact) mass is 552 g/mol. The Morgan fingerprint density at radius 3 is 2.61 bits per heavy atom. The van der Waals surface area contributed by atoms with Crippen molar-refractivity contribution in [1.29, 1.82) is 0 Å². The number of nitrogens with zero attached hydrogens (tertiary/aromatic N) is 4. The Kier molecular flexibility index (Phi) is 7.23. The Labute approximate surface area is 212 Å². The molecule has 1 aromatic carbocycles. The van der Waals surface area contributed by atoms with Crippen LogP contribution >= 0.6 is 11.3 Å². The van der Waals surface area contributed by atoms with Gasteiger partial charge in [0, 0.05) is 18.5 Å². The van der Waals surface area contributed by atoms with Crippen LogP contribution in [-0.4, -0.2) is 49.3 Å². The highest BCUT2D eigenvalue weighted by Gasteiger charge is 2.34. The number of thiazole rings is 1. The zero-order valence-corrected chi connectivity index (χ0v) is 22.0. The number of rotatable bonds is 9. The minimum absolute atomic E-state index is 0.0279. The maximum absolute atomic E-state index is 12.6. The van der Waals surface area contributed by atoms with Gasteiger partial charge in [-0.3, -0.25) is 4.79 Å². The first kappa shape index (κ1) is 26.2. The Balaban J connectivity index is 1.68. The summed E-state index contributed by atoms with van der Waals surface area (Å²) in [5, 5.41) is 21.7. The molecule has 0 aliphatic heterocycles. The highest BCUT2D eigenvalue weighted by atomic mass is 32.2. The number of aromatic nitrogens is 4. The Hall–Kier alpha value is -2.82. The third-order valence-electron chi connectivity index (χ3n) is 5.02. The van der Waals surface area contributed by atoms with Crippen molar-refractivity contribution in [2.45, 2.75) is 37.8 Å². The van der Waals surface area contributed by atoms with E-state index < -0.39 is 31.9 Å². The number of aliphatic hydroxyl groups is 1. The smallest absolute Gasteiger partial charge is 0.251 e. The molecule has 0 bridgehead atoms. The number of nitrogens with two attached hydrogens (primary N) is 1. The van der Waals surface area contributed by atoms with Gasteiger partial charge in [-0.15, -0.1) is 21.5 Å². The molecule has 0 spiro atoms. The molecule has 12 nitrogen and oxygen atoms in total. The molecule has 0 aliphatic carbocycles. The second kappa shape index (κ2) is 9.91. The van der Waals surface area contributed by atoms with Gasteiger partial charge in [-0.2, -0.15) is 0 Å². The zero-order chi connectivity index (χ0) is 26.3. The van der Waals surface area contributed by atoms with Gasteiger partial charge in [-0.05, 0) is 43.2 Å². The molecule has 2 atom stereocenters. The first-order valence-electron chi connectivity index (χ1n) is 10.5. The molecule has 3 aromatic heterocycles. The topological polar surface area (TPSA) is 183 Å². The van der Waals surface area contributed by atoms with Gasteiger partial charge >= 0.3 is 0 Å². The van der Waals surface area contributed by atoms with Crippen molar-refractivity contribution in [1.82, 2.24) is 24.5 Å². The molecule has 0 fully saturated rings. The fourth-order valence-electron chi connectivity index (χ4n) is 3.52. The third kappa shape index (κ3) is 6.11. The number of benzene rings is 1. The lowest BCUT2D eigenvalue weighted by Gasteiger charge is -2.18. The minimum Gasteiger partial charge on any atom is -0.422 e. The van der Waals surface area contributed by atoms with Gasteiger partial charge in [0.25, 0.3) is 5.56 Å². The van der Waals surface area contributed by atoms with Crippen LogP contribution in [0.3, 0.4) is 0 Å². The molecular weight excluding hydrogens is 528 g/mol. The molecule has 36 heavy (non-hydrogen) atoms. The lowest BCUT2D eigenvalue weighted by molar-refractivity contribution is 0.0604.